The SMILES string of the molecule is N#CCCCNC(=O)N1C(=N)CCC1C1CCCCC1. The Kier molecular flexibility index (Phi) is 5.40. The topological polar surface area (TPSA) is 80.0 Å². The molecule has 1 atom stereocenters. The number of nitrogens with zero attached hydrogens (tertiary/aromatic N) is 2. The first-order valence-electron chi connectivity index (χ1n) is 7.75. The zero-order valence-electron chi connectivity index (χ0n) is 12.0. The molecule has 110 valence electrons. The summed E-state index contributed by atoms with van der Waals surface area (Å²) in [4.78, 5) is 13.9. The Morgan fingerprint density at radius 1 is 1.35 bits per heavy atom. The van der Waals surface area contributed by atoms with Crippen LogP contribution in [0.15, 0.2) is 0 Å². The third kappa shape index (κ3) is 3.50. The van der Waals surface area contributed by atoms with Crippen LogP contribution in [0.4, 0.5) is 4.79 Å². The molecule has 0 aromatic rings. The predicted molar refractivity (Wildman–Crippen MR) is 77.4 cm³/mol. The summed E-state index contributed by atoms with van der Waals surface area (Å²) in [7, 11) is 0. The van der Waals surface area contributed by atoms with Gasteiger partial charge in [0.2, 0.25) is 0 Å². The molecular formula is C15H24N4O. The smallest absolute Gasteiger partial charge is 0.323 e. The monoisotopic (exact) mass is 276 g/mol. The average molecular weight is 276 g/mol. The number of nitrogens with one attached hydrogen (secondary N) is 2. The first-order valence-corrected chi connectivity index (χ1v) is 7.75. The lowest BCUT2D eigenvalue weighted by Crippen LogP contribution is -2.48. The van der Waals surface area contributed by atoms with Gasteiger partial charge in [0.15, 0.2) is 0 Å². The number of amides is 2. The van der Waals surface area contributed by atoms with Crippen LogP contribution in [0.1, 0.15) is 57.8 Å². The number of hydrogen-bond donors (Lipinski definition) is 2. The molecule has 0 bridgehead atoms. The number of unbranched alkanes of at least 4 members (excludes halogenated alkanes) is 1. The second kappa shape index (κ2) is 7.28. The van der Waals surface area contributed by atoms with Gasteiger partial charge >= 0.3 is 6.03 Å². The normalized spacial score (nSPS) is 23.6. The van der Waals surface area contributed by atoms with Crippen LogP contribution in [0.5, 0.6) is 0 Å². The lowest BCUT2D eigenvalue weighted by Gasteiger charge is -2.33. The molecule has 2 fully saturated rings. The number of hydrogen-bond acceptors (Lipinski definition) is 3. The molecule has 0 spiro atoms. The molecular weight excluding hydrogens is 252 g/mol. The lowest BCUT2D eigenvalue weighted by molar-refractivity contribution is 0.180. The zero-order valence-corrected chi connectivity index (χ0v) is 12.0. The van der Waals surface area contributed by atoms with Gasteiger partial charge in [-0.05, 0) is 31.6 Å². The molecule has 0 radical (unpaired) electrons. The van der Waals surface area contributed by atoms with Crippen molar-refractivity contribution in [2.24, 2.45) is 5.92 Å². The van der Waals surface area contributed by atoms with Crippen LogP contribution in [-0.2, 0) is 0 Å². The van der Waals surface area contributed by atoms with E-state index in [1.807, 2.05) is 0 Å². The van der Waals surface area contributed by atoms with Crippen LogP contribution in [0, 0.1) is 22.7 Å². The highest BCUT2D eigenvalue weighted by molar-refractivity contribution is 5.97. The summed E-state index contributed by atoms with van der Waals surface area (Å²) in [6.07, 6.45) is 8.99. The number of urea groups is 1. The average Bonchev–Trinajstić information content (AvgIpc) is 2.86. The minimum atomic E-state index is -0.138. The molecule has 1 aliphatic carbocycles. The van der Waals surface area contributed by atoms with Gasteiger partial charge in [0.25, 0.3) is 0 Å². The summed E-state index contributed by atoms with van der Waals surface area (Å²) in [6.45, 7) is 0.521. The van der Waals surface area contributed by atoms with E-state index in [4.69, 9.17) is 10.7 Å². The van der Waals surface area contributed by atoms with Gasteiger partial charge in [0.1, 0.15) is 5.84 Å². The maximum atomic E-state index is 12.3. The fourth-order valence-electron chi connectivity index (χ4n) is 3.42. The van der Waals surface area contributed by atoms with E-state index in [0.717, 1.165) is 6.42 Å². The van der Waals surface area contributed by atoms with Crippen LogP contribution < -0.4 is 5.32 Å². The van der Waals surface area contributed by atoms with Crippen molar-refractivity contribution in [3.63, 3.8) is 0 Å². The van der Waals surface area contributed by atoms with Crippen molar-refractivity contribution in [2.45, 2.75) is 63.8 Å². The van der Waals surface area contributed by atoms with Gasteiger partial charge in [0.05, 0.1) is 6.07 Å². The number of likely N-dealkylation sites (tertiary alicyclic amines) is 1. The van der Waals surface area contributed by atoms with Gasteiger partial charge < -0.3 is 5.32 Å². The van der Waals surface area contributed by atoms with Crippen LogP contribution in [0.25, 0.3) is 0 Å². The molecule has 20 heavy (non-hydrogen) atoms. The van der Waals surface area contributed by atoms with Crippen molar-refractivity contribution < 1.29 is 4.79 Å². The first-order chi connectivity index (χ1) is 9.74. The summed E-state index contributed by atoms with van der Waals surface area (Å²) >= 11 is 0. The van der Waals surface area contributed by atoms with E-state index in [-0.39, 0.29) is 12.1 Å². The van der Waals surface area contributed by atoms with Gasteiger partial charge in [-0.1, -0.05) is 19.3 Å². The molecule has 2 N–H and O–H groups in total. The quantitative estimate of drug-likeness (QED) is 0.774. The molecule has 1 saturated carbocycles. The second-order valence-electron chi connectivity index (χ2n) is 5.81. The Balaban J connectivity index is 1.90. The van der Waals surface area contributed by atoms with E-state index in [0.29, 0.717) is 37.6 Å². The highest BCUT2D eigenvalue weighted by atomic mass is 16.2. The van der Waals surface area contributed by atoms with Crippen molar-refractivity contribution >= 4 is 11.9 Å². The third-order valence-electron chi connectivity index (χ3n) is 4.45. The molecule has 1 aliphatic heterocycles. The van der Waals surface area contributed by atoms with Crippen LogP contribution in [-0.4, -0.2) is 29.4 Å². The summed E-state index contributed by atoms with van der Waals surface area (Å²) < 4.78 is 0. The summed E-state index contributed by atoms with van der Waals surface area (Å²) in [5.74, 6) is 1.02. The fourth-order valence-corrected chi connectivity index (χ4v) is 3.42. The molecule has 1 unspecified atom stereocenters. The minimum Gasteiger partial charge on any atom is -0.338 e. The highest BCUT2D eigenvalue weighted by Gasteiger charge is 2.38. The standard InChI is InChI=1S/C15H24N4O/c16-10-4-5-11-18-15(20)19-13(8-9-14(19)17)12-6-2-1-3-7-12/h12-13,17H,1-9,11H2,(H,18,20). The number of amidine groups is 1. The van der Waals surface area contributed by atoms with Crippen molar-refractivity contribution in [2.75, 3.05) is 6.54 Å². The summed E-state index contributed by atoms with van der Waals surface area (Å²) in [5.41, 5.74) is 0. The number of rotatable bonds is 4. The zero-order chi connectivity index (χ0) is 14.4. The number of nitriles is 1. The third-order valence-corrected chi connectivity index (χ3v) is 4.45. The Bertz CT molecular complexity index is 395. The van der Waals surface area contributed by atoms with E-state index >= 15 is 0 Å². The number of carbonyl (C=O) groups excluding carboxylic acids is 1. The molecule has 1 heterocycles. The minimum absolute atomic E-state index is 0.138. The molecule has 2 aliphatic rings. The molecule has 2 rings (SSSR count). The Labute approximate surface area is 120 Å². The summed E-state index contributed by atoms with van der Waals surface area (Å²) in [5, 5.41) is 19.4. The van der Waals surface area contributed by atoms with E-state index in [2.05, 4.69) is 11.4 Å². The second-order valence-corrected chi connectivity index (χ2v) is 5.81. The predicted octanol–water partition coefficient (Wildman–Crippen LogP) is 3.02. The van der Waals surface area contributed by atoms with Crippen LogP contribution >= 0.6 is 0 Å². The Morgan fingerprint density at radius 2 is 2.10 bits per heavy atom. The van der Waals surface area contributed by atoms with Gasteiger partial charge in [-0.25, -0.2) is 4.79 Å². The lowest BCUT2D eigenvalue weighted by atomic mass is 9.83. The molecule has 0 aromatic heterocycles. The van der Waals surface area contributed by atoms with Crippen LogP contribution in [0.3, 0.4) is 0 Å². The van der Waals surface area contributed by atoms with Crippen molar-refractivity contribution in [3.8, 4) is 6.07 Å². The molecule has 0 aromatic carbocycles. The Hall–Kier alpha value is -1.57. The van der Waals surface area contributed by atoms with E-state index in [9.17, 15) is 4.79 Å². The number of carbonyl (C=O) groups is 1. The first kappa shape index (κ1) is 14.8. The van der Waals surface area contributed by atoms with Crippen LogP contribution in [0.2, 0.25) is 0 Å². The van der Waals surface area contributed by atoms with Crippen molar-refractivity contribution in [1.82, 2.24) is 10.2 Å². The largest absolute Gasteiger partial charge is 0.338 e. The van der Waals surface area contributed by atoms with Crippen molar-refractivity contribution in [3.05, 3.63) is 0 Å². The summed E-state index contributed by atoms with van der Waals surface area (Å²) in [6, 6.07) is 2.16. The molecule has 1 saturated heterocycles. The highest BCUT2D eigenvalue weighted by Crippen LogP contribution is 2.34. The van der Waals surface area contributed by atoms with Crippen molar-refractivity contribution in [1.29, 1.82) is 10.7 Å². The Morgan fingerprint density at radius 3 is 2.80 bits per heavy atom. The molecule has 5 nitrogen and oxygen atoms in total. The van der Waals surface area contributed by atoms with Gasteiger partial charge in [-0.3, -0.25) is 10.3 Å². The maximum absolute atomic E-state index is 12.3. The molecule has 2 amide bonds. The van der Waals surface area contributed by atoms with Gasteiger partial charge in [-0.15, -0.1) is 0 Å². The van der Waals surface area contributed by atoms with Gasteiger partial charge in [0, 0.05) is 25.4 Å². The molecule has 5 heteroatoms. The fraction of sp³-hybridized carbons (Fsp3) is 0.800. The van der Waals surface area contributed by atoms with E-state index < -0.39 is 0 Å². The maximum Gasteiger partial charge on any atom is 0.323 e. The van der Waals surface area contributed by atoms with E-state index in [1.165, 1.54) is 32.1 Å². The van der Waals surface area contributed by atoms with E-state index in [1.54, 1.807) is 4.90 Å². The van der Waals surface area contributed by atoms with Gasteiger partial charge in [-0.2, -0.15) is 5.26 Å².